The van der Waals surface area contributed by atoms with Gasteiger partial charge in [-0.3, -0.25) is 0 Å². The van der Waals surface area contributed by atoms with Crippen molar-refractivity contribution >= 4 is 11.4 Å². The van der Waals surface area contributed by atoms with Gasteiger partial charge in [0.05, 0.1) is 0 Å². The van der Waals surface area contributed by atoms with Gasteiger partial charge < -0.3 is 9.47 Å². The van der Waals surface area contributed by atoms with Gasteiger partial charge in [-0.15, -0.1) is 0 Å². The highest BCUT2D eigenvalue weighted by atomic mass is 16.5. The van der Waals surface area contributed by atoms with Crippen molar-refractivity contribution in [2.75, 3.05) is 0 Å². The standard InChI is InChI=1S/C34H42N2O2/c1-31(2,3)19-13-21(33(7,8)9)29-25(15-19)35-23-17-28-24(18-27(23)37-29)36-26-16-20(32(4,5)6)14-22(30(26)38-28)34(10,11)12/h13-18H,1-12H3. The molecule has 0 bridgehead atoms. The van der Waals surface area contributed by atoms with Crippen LogP contribution >= 0.6 is 0 Å². The molecule has 0 unspecified atom stereocenters. The lowest BCUT2D eigenvalue weighted by Crippen LogP contribution is -2.23. The minimum absolute atomic E-state index is 0.00163. The molecule has 2 heterocycles. The van der Waals surface area contributed by atoms with Gasteiger partial charge in [-0.1, -0.05) is 95.2 Å². The molecule has 0 aromatic heterocycles. The summed E-state index contributed by atoms with van der Waals surface area (Å²) in [4.78, 5) is 10.2. The Morgan fingerprint density at radius 2 is 0.789 bits per heavy atom. The number of rotatable bonds is 0. The van der Waals surface area contributed by atoms with Crippen molar-refractivity contribution in [1.29, 1.82) is 0 Å². The van der Waals surface area contributed by atoms with Crippen LogP contribution in [0.1, 0.15) is 105 Å². The maximum absolute atomic E-state index is 6.60. The zero-order valence-electron chi connectivity index (χ0n) is 25.2. The van der Waals surface area contributed by atoms with Crippen LogP contribution in [0.2, 0.25) is 0 Å². The van der Waals surface area contributed by atoms with Gasteiger partial charge in [-0.2, -0.15) is 0 Å². The lowest BCUT2D eigenvalue weighted by atomic mass is 9.79. The summed E-state index contributed by atoms with van der Waals surface area (Å²) in [6, 6.07) is 12.8. The molecule has 4 heteroatoms. The molecule has 200 valence electrons. The third kappa shape index (κ3) is 4.63. The molecule has 38 heavy (non-hydrogen) atoms. The van der Waals surface area contributed by atoms with Crippen molar-refractivity contribution < 1.29 is 9.47 Å². The average molecular weight is 511 g/mol. The van der Waals surface area contributed by atoms with Gasteiger partial charge >= 0.3 is 0 Å². The Labute approximate surface area is 227 Å². The predicted octanol–water partition coefficient (Wildman–Crippen LogP) is 8.99. The highest BCUT2D eigenvalue weighted by molar-refractivity contribution is 5.66. The zero-order valence-corrected chi connectivity index (χ0v) is 25.2. The van der Waals surface area contributed by atoms with E-state index < -0.39 is 0 Å². The van der Waals surface area contributed by atoms with Crippen molar-refractivity contribution in [2.45, 2.75) is 105 Å². The van der Waals surface area contributed by atoms with Gasteiger partial charge in [0, 0.05) is 23.3 Å². The van der Waals surface area contributed by atoms with E-state index in [1.54, 1.807) is 0 Å². The summed E-state index contributed by atoms with van der Waals surface area (Å²) in [5, 5.41) is 1.54. The summed E-state index contributed by atoms with van der Waals surface area (Å²) in [5.74, 6) is 3.09. The second-order valence-electron chi connectivity index (χ2n) is 15.0. The molecule has 3 aromatic rings. The lowest BCUT2D eigenvalue weighted by molar-refractivity contribution is 0.427. The van der Waals surface area contributed by atoms with Gasteiger partial charge in [0.25, 0.3) is 0 Å². The predicted molar refractivity (Wildman–Crippen MR) is 156 cm³/mol. The molecule has 0 N–H and O–H groups in total. The molecule has 0 amide bonds. The van der Waals surface area contributed by atoms with Gasteiger partial charge in [0.15, 0.2) is 23.0 Å². The largest absolute Gasteiger partial charge is 0.452 e. The molecule has 4 nitrogen and oxygen atoms in total. The zero-order chi connectivity index (χ0) is 28.0. The van der Waals surface area contributed by atoms with Crippen LogP contribution in [0.15, 0.2) is 46.4 Å². The van der Waals surface area contributed by atoms with Gasteiger partial charge in [-0.05, 0) is 44.9 Å². The molecule has 3 aromatic carbocycles. The van der Waals surface area contributed by atoms with E-state index in [0.29, 0.717) is 11.5 Å². The molecule has 0 radical (unpaired) electrons. The minimum atomic E-state index is -0.0916. The normalized spacial score (nSPS) is 14.6. The van der Waals surface area contributed by atoms with E-state index in [4.69, 9.17) is 19.5 Å². The molecule has 2 aliphatic heterocycles. The third-order valence-electron chi connectivity index (χ3n) is 7.43. The quantitative estimate of drug-likeness (QED) is 0.209. The van der Waals surface area contributed by atoms with Crippen LogP contribution in [-0.4, -0.2) is 0 Å². The van der Waals surface area contributed by atoms with Crippen LogP contribution < -0.4 is 20.2 Å². The summed E-state index contributed by atoms with van der Waals surface area (Å²) in [5.41, 5.74) is 6.38. The number of ether oxygens (including phenoxy) is 2. The smallest absolute Gasteiger partial charge is 0.156 e. The first-order chi connectivity index (χ1) is 17.3. The summed E-state index contributed by atoms with van der Waals surface area (Å²) in [7, 11) is 0. The topological polar surface area (TPSA) is 43.2 Å². The van der Waals surface area contributed by atoms with Crippen LogP contribution in [0.3, 0.4) is 0 Å². The number of fused-ring (bicyclic) bond motifs is 4. The summed E-state index contributed by atoms with van der Waals surface area (Å²) in [6.07, 6.45) is 0. The maximum Gasteiger partial charge on any atom is 0.156 e. The molecule has 5 rings (SSSR count). The number of benzene rings is 3. The fourth-order valence-corrected chi connectivity index (χ4v) is 4.94. The highest BCUT2D eigenvalue weighted by Crippen LogP contribution is 2.47. The van der Waals surface area contributed by atoms with Gasteiger partial charge in [-0.25, -0.2) is 9.98 Å². The van der Waals surface area contributed by atoms with E-state index in [1.165, 1.54) is 11.1 Å². The molecule has 0 spiro atoms. The van der Waals surface area contributed by atoms with Crippen molar-refractivity contribution in [3.8, 4) is 23.0 Å². The van der Waals surface area contributed by atoms with Crippen LogP contribution in [0.4, 0.5) is 11.4 Å². The Balaban J connectivity index is 1.72. The molecule has 0 fully saturated rings. The Bertz CT molecular complexity index is 1460. The SMILES string of the molecule is CC(C)(C)c1cc2c(c(C(C)(C)C)c1)Oc1cc3c(cc1=N2)Oc1c(cc(C(C)(C)C)cc1C(C)(C)C)N=3. The summed E-state index contributed by atoms with van der Waals surface area (Å²) >= 11 is 0. The first-order valence-electron chi connectivity index (χ1n) is 13.7. The number of hydrogen-bond donors (Lipinski definition) is 0. The summed E-state index contributed by atoms with van der Waals surface area (Å²) < 4.78 is 13.2. The fraction of sp³-hybridized carbons (Fsp3) is 0.471. The number of hydrogen-bond acceptors (Lipinski definition) is 4. The van der Waals surface area contributed by atoms with Crippen molar-refractivity contribution in [3.63, 3.8) is 0 Å². The van der Waals surface area contributed by atoms with Gasteiger partial charge in [0.1, 0.15) is 22.1 Å². The molecule has 0 atom stereocenters. The van der Waals surface area contributed by atoms with Crippen LogP contribution in [0.25, 0.3) is 0 Å². The molecule has 0 aliphatic carbocycles. The molecule has 2 aliphatic rings. The van der Waals surface area contributed by atoms with Crippen LogP contribution in [-0.2, 0) is 21.7 Å². The van der Waals surface area contributed by atoms with E-state index >= 15 is 0 Å². The summed E-state index contributed by atoms with van der Waals surface area (Å²) in [6.45, 7) is 26.8. The first-order valence-corrected chi connectivity index (χ1v) is 13.7. The van der Waals surface area contributed by atoms with E-state index in [0.717, 1.165) is 44.7 Å². The molecular weight excluding hydrogens is 468 g/mol. The maximum atomic E-state index is 6.60. The van der Waals surface area contributed by atoms with E-state index in [9.17, 15) is 0 Å². The second kappa shape index (κ2) is 8.18. The fourth-order valence-electron chi connectivity index (χ4n) is 4.94. The first kappa shape index (κ1) is 26.5. The highest BCUT2D eigenvalue weighted by Gasteiger charge is 2.31. The number of nitrogens with zero attached hydrogens (tertiary/aromatic N) is 2. The monoisotopic (exact) mass is 510 g/mol. The third-order valence-corrected chi connectivity index (χ3v) is 7.43. The second-order valence-corrected chi connectivity index (χ2v) is 15.0. The minimum Gasteiger partial charge on any atom is -0.452 e. The Hall–Kier alpha value is -3.14. The molecule has 0 saturated heterocycles. The van der Waals surface area contributed by atoms with Crippen molar-refractivity contribution in [1.82, 2.24) is 0 Å². The van der Waals surface area contributed by atoms with Crippen molar-refractivity contribution in [2.24, 2.45) is 9.98 Å². The average Bonchev–Trinajstić information content (AvgIpc) is 2.76. The van der Waals surface area contributed by atoms with Gasteiger partial charge in [0.2, 0.25) is 0 Å². The Kier molecular flexibility index (Phi) is 5.70. The molecular formula is C34H42N2O2. The molecule has 0 saturated carbocycles. The van der Waals surface area contributed by atoms with E-state index in [2.05, 4.69) is 107 Å². The van der Waals surface area contributed by atoms with Crippen LogP contribution in [0, 0.1) is 0 Å². The Morgan fingerprint density at radius 3 is 1.08 bits per heavy atom. The Morgan fingerprint density at radius 1 is 0.447 bits per heavy atom. The van der Waals surface area contributed by atoms with Crippen LogP contribution in [0.5, 0.6) is 23.0 Å². The van der Waals surface area contributed by atoms with Crippen molar-refractivity contribution in [3.05, 3.63) is 69.4 Å². The lowest BCUT2D eigenvalue weighted by Gasteiger charge is -2.30. The van der Waals surface area contributed by atoms with E-state index in [1.807, 2.05) is 12.1 Å². The van der Waals surface area contributed by atoms with E-state index in [-0.39, 0.29) is 21.7 Å².